The number of carbonyl (C=O) groups is 1. The van der Waals surface area contributed by atoms with Gasteiger partial charge in [0.15, 0.2) is 0 Å². The van der Waals surface area contributed by atoms with Gasteiger partial charge in [-0.2, -0.15) is 5.10 Å². The van der Waals surface area contributed by atoms with Gasteiger partial charge in [0.1, 0.15) is 18.1 Å². The molecule has 0 radical (unpaired) electrons. The third-order valence-electron chi connectivity index (χ3n) is 2.62. The highest BCUT2D eigenvalue weighted by Crippen LogP contribution is 2.06. The Morgan fingerprint density at radius 2 is 2.39 bits per heavy atom. The van der Waals surface area contributed by atoms with Crippen molar-refractivity contribution in [3.8, 4) is 0 Å². The van der Waals surface area contributed by atoms with E-state index in [1.54, 1.807) is 23.4 Å². The summed E-state index contributed by atoms with van der Waals surface area (Å²) < 4.78 is 6.76. The second-order valence-electron chi connectivity index (χ2n) is 3.93. The highest BCUT2D eigenvalue weighted by Gasteiger charge is 2.14. The SMILES string of the molecule is CCN(Cc1ccco1)C(=O)Cn1ccc(N)n1. The Labute approximate surface area is 105 Å². The van der Waals surface area contributed by atoms with Gasteiger partial charge < -0.3 is 15.1 Å². The average molecular weight is 248 g/mol. The van der Waals surface area contributed by atoms with Crippen LogP contribution in [0.15, 0.2) is 35.1 Å². The van der Waals surface area contributed by atoms with Crippen molar-refractivity contribution in [1.29, 1.82) is 0 Å². The summed E-state index contributed by atoms with van der Waals surface area (Å²) in [6.07, 6.45) is 3.29. The van der Waals surface area contributed by atoms with E-state index in [9.17, 15) is 4.79 Å². The standard InChI is InChI=1S/C12H16N4O2/c1-2-15(8-10-4-3-7-18-10)12(17)9-16-6-5-11(13)14-16/h3-7H,2,8-9H2,1H3,(H2,13,14). The minimum Gasteiger partial charge on any atom is -0.467 e. The van der Waals surface area contributed by atoms with E-state index in [-0.39, 0.29) is 12.5 Å². The largest absolute Gasteiger partial charge is 0.467 e. The van der Waals surface area contributed by atoms with Gasteiger partial charge >= 0.3 is 0 Å². The van der Waals surface area contributed by atoms with Crippen molar-refractivity contribution in [1.82, 2.24) is 14.7 Å². The fourth-order valence-corrected chi connectivity index (χ4v) is 1.67. The summed E-state index contributed by atoms with van der Waals surface area (Å²) in [6, 6.07) is 5.32. The molecule has 6 nitrogen and oxygen atoms in total. The molecule has 0 aromatic carbocycles. The Morgan fingerprint density at radius 3 is 2.94 bits per heavy atom. The molecule has 0 aliphatic rings. The minimum absolute atomic E-state index is 0.0167. The fourth-order valence-electron chi connectivity index (χ4n) is 1.67. The van der Waals surface area contributed by atoms with E-state index < -0.39 is 0 Å². The second-order valence-corrected chi connectivity index (χ2v) is 3.93. The lowest BCUT2D eigenvalue weighted by atomic mass is 10.3. The average Bonchev–Trinajstić information content (AvgIpc) is 2.97. The summed E-state index contributed by atoms with van der Waals surface area (Å²) in [4.78, 5) is 13.8. The van der Waals surface area contributed by atoms with E-state index in [1.165, 1.54) is 4.68 Å². The topological polar surface area (TPSA) is 77.3 Å². The number of rotatable bonds is 5. The van der Waals surface area contributed by atoms with Crippen molar-refractivity contribution in [2.75, 3.05) is 12.3 Å². The van der Waals surface area contributed by atoms with E-state index in [4.69, 9.17) is 10.2 Å². The van der Waals surface area contributed by atoms with Crippen LogP contribution in [0.5, 0.6) is 0 Å². The molecule has 0 aliphatic carbocycles. The summed E-state index contributed by atoms with van der Waals surface area (Å²) in [5.41, 5.74) is 5.50. The van der Waals surface area contributed by atoms with Crippen LogP contribution in [0.4, 0.5) is 5.82 Å². The molecule has 0 spiro atoms. The van der Waals surface area contributed by atoms with E-state index in [1.807, 2.05) is 19.1 Å². The molecule has 0 atom stereocenters. The number of hydrogen-bond donors (Lipinski definition) is 1. The first-order valence-corrected chi connectivity index (χ1v) is 5.78. The zero-order valence-corrected chi connectivity index (χ0v) is 10.2. The maximum absolute atomic E-state index is 12.1. The van der Waals surface area contributed by atoms with Gasteiger partial charge in [-0.15, -0.1) is 0 Å². The van der Waals surface area contributed by atoms with E-state index in [0.29, 0.717) is 18.9 Å². The first-order chi connectivity index (χ1) is 8.69. The van der Waals surface area contributed by atoms with Gasteiger partial charge in [-0.25, -0.2) is 0 Å². The van der Waals surface area contributed by atoms with Crippen molar-refractivity contribution in [2.45, 2.75) is 20.0 Å². The van der Waals surface area contributed by atoms with Gasteiger partial charge in [0.2, 0.25) is 5.91 Å². The molecule has 1 amide bonds. The van der Waals surface area contributed by atoms with Crippen LogP contribution in [-0.4, -0.2) is 27.1 Å². The quantitative estimate of drug-likeness (QED) is 0.859. The number of aromatic nitrogens is 2. The van der Waals surface area contributed by atoms with Crippen LogP contribution in [0.2, 0.25) is 0 Å². The van der Waals surface area contributed by atoms with Crippen molar-refractivity contribution in [3.63, 3.8) is 0 Å². The predicted octanol–water partition coefficient (Wildman–Crippen LogP) is 1.11. The van der Waals surface area contributed by atoms with Gasteiger partial charge in [-0.05, 0) is 25.1 Å². The number of nitrogens with two attached hydrogens (primary N) is 1. The van der Waals surface area contributed by atoms with Crippen LogP contribution in [0.1, 0.15) is 12.7 Å². The molecule has 0 saturated carbocycles. The molecular weight excluding hydrogens is 232 g/mol. The molecule has 0 fully saturated rings. The molecule has 2 heterocycles. The first kappa shape index (κ1) is 12.2. The number of amides is 1. The minimum atomic E-state index is -0.0167. The Morgan fingerprint density at radius 1 is 1.56 bits per heavy atom. The lowest BCUT2D eigenvalue weighted by Gasteiger charge is -2.19. The normalized spacial score (nSPS) is 10.5. The Balaban J connectivity index is 1.97. The molecule has 2 N–H and O–H groups in total. The molecule has 2 rings (SSSR count). The van der Waals surface area contributed by atoms with Gasteiger partial charge in [0.25, 0.3) is 0 Å². The zero-order valence-electron chi connectivity index (χ0n) is 10.2. The Hall–Kier alpha value is -2.24. The van der Waals surface area contributed by atoms with E-state index in [0.717, 1.165) is 5.76 Å². The molecule has 96 valence electrons. The maximum Gasteiger partial charge on any atom is 0.244 e. The molecule has 2 aromatic rings. The van der Waals surface area contributed by atoms with Crippen LogP contribution in [-0.2, 0) is 17.9 Å². The predicted molar refractivity (Wildman–Crippen MR) is 66.4 cm³/mol. The van der Waals surface area contributed by atoms with Crippen LogP contribution < -0.4 is 5.73 Å². The maximum atomic E-state index is 12.1. The van der Waals surface area contributed by atoms with Crippen molar-refractivity contribution < 1.29 is 9.21 Å². The van der Waals surface area contributed by atoms with Crippen LogP contribution in [0.3, 0.4) is 0 Å². The van der Waals surface area contributed by atoms with Gasteiger partial charge in [0.05, 0.1) is 12.8 Å². The number of anilines is 1. The van der Waals surface area contributed by atoms with E-state index >= 15 is 0 Å². The van der Waals surface area contributed by atoms with Crippen LogP contribution >= 0.6 is 0 Å². The smallest absolute Gasteiger partial charge is 0.244 e. The number of furan rings is 1. The number of nitrogen functional groups attached to an aromatic ring is 1. The van der Waals surface area contributed by atoms with E-state index in [2.05, 4.69) is 5.10 Å². The molecule has 2 aromatic heterocycles. The highest BCUT2D eigenvalue weighted by molar-refractivity contribution is 5.75. The third kappa shape index (κ3) is 2.91. The Kier molecular flexibility index (Phi) is 3.66. The number of likely N-dealkylation sites (N-methyl/N-ethyl adjacent to an activating group) is 1. The molecule has 0 aliphatic heterocycles. The van der Waals surface area contributed by atoms with Gasteiger partial charge in [-0.1, -0.05) is 0 Å². The van der Waals surface area contributed by atoms with Crippen molar-refractivity contribution in [3.05, 3.63) is 36.4 Å². The summed E-state index contributed by atoms with van der Waals surface area (Å²) >= 11 is 0. The molecule has 0 unspecified atom stereocenters. The number of carbonyl (C=O) groups excluding carboxylic acids is 1. The lowest BCUT2D eigenvalue weighted by Crippen LogP contribution is -2.33. The zero-order chi connectivity index (χ0) is 13.0. The third-order valence-corrected chi connectivity index (χ3v) is 2.62. The Bertz CT molecular complexity index is 504. The summed E-state index contributed by atoms with van der Waals surface area (Å²) in [6.45, 7) is 3.21. The number of hydrogen-bond acceptors (Lipinski definition) is 4. The summed E-state index contributed by atoms with van der Waals surface area (Å²) in [7, 11) is 0. The first-order valence-electron chi connectivity index (χ1n) is 5.78. The molecular formula is C12H16N4O2. The molecule has 0 bridgehead atoms. The monoisotopic (exact) mass is 248 g/mol. The van der Waals surface area contributed by atoms with Crippen LogP contribution in [0.25, 0.3) is 0 Å². The van der Waals surface area contributed by atoms with Crippen molar-refractivity contribution in [2.24, 2.45) is 0 Å². The van der Waals surface area contributed by atoms with Crippen LogP contribution in [0, 0.1) is 0 Å². The molecule has 6 heteroatoms. The van der Waals surface area contributed by atoms with Gasteiger partial charge in [-0.3, -0.25) is 9.48 Å². The fraction of sp³-hybridized carbons (Fsp3) is 0.333. The summed E-state index contributed by atoms with van der Waals surface area (Å²) in [5, 5.41) is 3.99. The molecule has 18 heavy (non-hydrogen) atoms. The van der Waals surface area contributed by atoms with Gasteiger partial charge in [0, 0.05) is 12.7 Å². The lowest BCUT2D eigenvalue weighted by molar-refractivity contribution is -0.132. The second kappa shape index (κ2) is 5.39. The summed E-state index contributed by atoms with van der Waals surface area (Å²) in [5.74, 6) is 1.17. The number of nitrogens with zero attached hydrogens (tertiary/aromatic N) is 3. The van der Waals surface area contributed by atoms with Crippen molar-refractivity contribution >= 4 is 11.7 Å². The highest BCUT2D eigenvalue weighted by atomic mass is 16.3. The molecule has 0 saturated heterocycles.